The second kappa shape index (κ2) is 6.74. The molecule has 2 heterocycles. The summed E-state index contributed by atoms with van der Waals surface area (Å²) in [6.45, 7) is 3.34. The van der Waals surface area contributed by atoms with Gasteiger partial charge in [-0.15, -0.1) is 11.3 Å². The lowest BCUT2D eigenvalue weighted by molar-refractivity contribution is -0.137. The number of carbonyl (C=O) groups is 2. The lowest BCUT2D eigenvalue weighted by atomic mass is 10.1. The lowest BCUT2D eigenvalue weighted by Crippen LogP contribution is -2.45. The van der Waals surface area contributed by atoms with Crippen LogP contribution in [-0.4, -0.2) is 34.6 Å². The molecule has 1 aliphatic rings. The average molecular weight is 296 g/mol. The number of nitrogens with zero attached hydrogens (tertiary/aromatic N) is 1. The molecule has 0 saturated carbocycles. The number of nitrogens with one attached hydrogen (secondary N) is 1. The monoisotopic (exact) mass is 296 g/mol. The third-order valence-electron chi connectivity index (χ3n) is 3.49. The van der Waals surface area contributed by atoms with E-state index in [0.717, 1.165) is 13.0 Å². The Balaban J connectivity index is 1.76. The van der Waals surface area contributed by atoms with Crippen LogP contribution < -0.4 is 5.32 Å². The van der Waals surface area contributed by atoms with Crippen molar-refractivity contribution in [3.63, 3.8) is 0 Å². The molecule has 0 aliphatic carbocycles. The van der Waals surface area contributed by atoms with E-state index in [4.69, 9.17) is 5.11 Å². The number of rotatable bonds is 5. The Morgan fingerprint density at radius 3 is 3.10 bits per heavy atom. The minimum absolute atomic E-state index is 0.00530. The molecule has 2 N–H and O–H groups in total. The number of hydrogen-bond acceptors (Lipinski definition) is 3. The van der Waals surface area contributed by atoms with Crippen molar-refractivity contribution in [2.75, 3.05) is 6.54 Å². The van der Waals surface area contributed by atoms with Gasteiger partial charge in [-0.2, -0.15) is 0 Å². The Morgan fingerprint density at radius 2 is 2.35 bits per heavy atom. The zero-order chi connectivity index (χ0) is 14.5. The minimum Gasteiger partial charge on any atom is -0.481 e. The van der Waals surface area contributed by atoms with Gasteiger partial charge in [0, 0.05) is 30.4 Å². The molecule has 0 bridgehead atoms. The number of carboxylic acids is 1. The summed E-state index contributed by atoms with van der Waals surface area (Å²) in [6.07, 6.45) is 2.36. The summed E-state index contributed by atoms with van der Waals surface area (Å²) in [4.78, 5) is 25.8. The fraction of sp³-hybridized carbons (Fsp3) is 0.571. The summed E-state index contributed by atoms with van der Waals surface area (Å²) in [7, 11) is 0. The molecule has 1 atom stereocenters. The van der Waals surface area contributed by atoms with Gasteiger partial charge < -0.3 is 15.3 Å². The first-order valence-electron chi connectivity index (χ1n) is 6.88. The summed E-state index contributed by atoms with van der Waals surface area (Å²) < 4.78 is 0. The Labute approximate surface area is 122 Å². The molecule has 0 aromatic carbocycles. The highest BCUT2D eigenvalue weighted by Gasteiger charge is 2.22. The van der Waals surface area contributed by atoms with Crippen molar-refractivity contribution in [3.05, 3.63) is 21.9 Å². The lowest BCUT2D eigenvalue weighted by Gasteiger charge is -2.28. The Hall–Kier alpha value is -1.56. The summed E-state index contributed by atoms with van der Waals surface area (Å²) >= 11 is 1.75. The molecule has 1 aromatic heterocycles. The predicted molar refractivity (Wildman–Crippen MR) is 77.9 cm³/mol. The van der Waals surface area contributed by atoms with Gasteiger partial charge in [0.15, 0.2) is 0 Å². The van der Waals surface area contributed by atoms with Gasteiger partial charge in [-0.25, -0.2) is 4.79 Å². The third-order valence-corrected chi connectivity index (χ3v) is 4.52. The fourth-order valence-electron chi connectivity index (χ4n) is 2.36. The molecule has 20 heavy (non-hydrogen) atoms. The maximum Gasteiger partial charge on any atom is 0.317 e. The summed E-state index contributed by atoms with van der Waals surface area (Å²) in [6, 6.07) is 2.03. The number of fused-ring (bicyclic) bond motifs is 1. The van der Waals surface area contributed by atoms with E-state index in [1.807, 2.05) is 11.8 Å². The SMILES string of the molecule is CC(CCCC(=O)O)NC(=O)N1CCc2sccc2C1. The van der Waals surface area contributed by atoms with E-state index in [1.165, 1.54) is 10.4 Å². The molecule has 2 amide bonds. The van der Waals surface area contributed by atoms with Gasteiger partial charge in [-0.3, -0.25) is 4.79 Å². The third kappa shape index (κ3) is 3.96. The molecule has 1 unspecified atom stereocenters. The van der Waals surface area contributed by atoms with E-state index in [9.17, 15) is 9.59 Å². The summed E-state index contributed by atoms with van der Waals surface area (Å²) in [5.74, 6) is -0.787. The van der Waals surface area contributed by atoms with Crippen LogP contribution in [0, 0.1) is 0 Å². The highest BCUT2D eigenvalue weighted by atomic mass is 32.1. The number of aliphatic carboxylic acids is 1. The van der Waals surface area contributed by atoms with Crippen LogP contribution in [0.3, 0.4) is 0 Å². The molecule has 1 aliphatic heterocycles. The topological polar surface area (TPSA) is 69.6 Å². The fourth-order valence-corrected chi connectivity index (χ4v) is 3.25. The minimum atomic E-state index is -0.787. The number of thiophene rings is 1. The predicted octanol–water partition coefficient (Wildman–Crippen LogP) is 2.46. The molecule has 2 rings (SSSR count). The largest absolute Gasteiger partial charge is 0.481 e. The van der Waals surface area contributed by atoms with Crippen molar-refractivity contribution in [2.24, 2.45) is 0 Å². The van der Waals surface area contributed by atoms with Crippen LogP contribution >= 0.6 is 11.3 Å². The first kappa shape index (κ1) is 14.8. The van der Waals surface area contributed by atoms with E-state index in [2.05, 4.69) is 16.8 Å². The molecule has 0 radical (unpaired) electrons. The Bertz CT molecular complexity index is 487. The molecule has 0 spiro atoms. The van der Waals surface area contributed by atoms with Gasteiger partial charge in [0.2, 0.25) is 0 Å². The van der Waals surface area contributed by atoms with E-state index in [-0.39, 0.29) is 18.5 Å². The van der Waals surface area contributed by atoms with Crippen molar-refractivity contribution in [3.8, 4) is 0 Å². The summed E-state index contributed by atoms with van der Waals surface area (Å²) in [5, 5.41) is 13.6. The van der Waals surface area contributed by atoms with Crippen LogP contribution in [0.4, 0.5) is 4.79 Å². The Morgan fingerprint density at radius 1 is 1.55 bits per heavy atom. The van der Waals surface area contributed by atoms with Crippen molar-refractivity contribution in [1.82, 2.24) is 10.2 Å². The molecule has 0 fully saturated rings. The molecular weight excluding hydrogens is 276 g/mol. The molecule has 1 aromatic rings. The van der Waals surface area contributed by atoms with Crippen molar-refractivity contribution in [2.45, 2.75) is 45.2 Å². The van der Waals surface area contributed by atoms with Gasteiger partial charge >= 0.3 is 12.0 Å². The van der Waals surface area contributed by atoms with Gasteiger partial charge in [0.25, 0.3) is 0 Å². The molecule has 6 heteroatoms. The standard InChI is InChI=1S/C14H20N2O3S/c1-10(3-2-4-13(17)18)15-14(19)16-7-5-12-11(9-16)6-8-20-12/h6,8,10H,2-5,7,9H2,1H3,(H,15,19)(H,17,18). The maximum atomic E-state index is 12.1. The van der Waals surface area contributed by atoms with Crippen LogP contribution in [0.25, 0.3) is 0 Å². The van der Waals surface area contributed by atoms with Crippen LogP contribution in [0.5, 0.6) is 0 Å². The van der Waals surface area contributed by atoms with Gasteiger partial charge in [0.05, 0.1) is 0 Å². The number of carbonyl (C=O) groups excluding carboxylic acids is 1. The quantitative estimate of drug-likeness (QED) is 0.877. The van der Waals surface area contributed by atoms with Gasteiger partial charge in [0.1, 0.15) is 0 Å². The smallest absolute Gasteiger partial charge is 0.317 e. The van der Waals surface area contributed by atoms with Crippen molar-refractivity contribution < 1.29 is 14.7 Å². The summed E-state index contributed by atoms with van der Waals surface area (Å²) in [5.41, 5.74) is 1.25. The van der Waals surface area contributed by atoms with Crippen LogP contribution in [0.1, 0.15) is 36.6 Å². The number of amides is 2. The van der Waals surface area contributed by atoms with Crippen LogP contribution in [0.2, 0.25) is 0 Å². The second-order valence-electron chi connectivity index (χ2n) is 5.18. The van der Waals surface area contributed by atoms with E-state index >= 15 is 0 Å². The second-order valence-corrected chi connectivity index (χ2v) is 6.18. The zero-order valence-corrected chi connectivity index (χ0v) is 12.4. The zero-order valence-electron chi connectivity index (χ0n) is 11.6. The van der Waals surface area contributed by atoms with Gasteiger partial charge in [-0.05, 0) is 43.2 Å². The van der Waals surface area contributed by atoms with Crippen molar-refractivity contribution >= 4 is 23.3 Å². The maximum absolute atomic E-state index is 12.1. The van der Waals surface area contributed by atoms with E-state index in [1.54, 1.807) is 11.3 Å². The van der Waals surface area contributed by atoms with Crippen LogP contribution in [0.15, 0.2) is 11.4 Å². The Kier molecular flexibility index (Phi) is 5.00. The van der Waals surface area contributed by atoms with E-state index < -0.39 is 5.97 Å². The average Bonchev–Trinajstić information content (AvgIpc) is 2.85. The number of urea groups is 1. The molecule has 0 saturated heterocycles. The van der Waals surface area contributed by atoms with E-state index in [0.29, 0.717) is 19.4 Å². The normalized spacial score (nSPS) is 15.6. The molecule has 5 nitrogen and oxygen atoms in total. The number of carboxylic acid groups (broad SMARTS) is 1. The molecular formula is C14H20N2O3S. The number of hydrogen-bond donors (Lipinski definition) is 2. The first-order valence-corrected chi connectivity index (χ1v) is 7.76. The molecule has 110 valence electrons. The van der Waals surface area contributed by atoms with Gasteiger partial charge in [-0.1, -0.05) is 0 Å². The highest BCUT2D eigenvalue weighted by Crippen LogP contribution is 2.23. The van der Waals surface area contributed by atoms with Crippen molar-refractivity contribution in [1.29, 1.82) is 0 Å². The first-order chi connectivity index (χ1) is 9.56. The van der Waals surface area contributed by atoms with Crippen LogP contribution in [-0.2, 0) is 17.8 Å². The highest BCUT2D eigenvalue weighted by molar-refractivity contribution is 7.10.